The Balaban J connectivity index is 2.15. The molecular formula is C19H29N3O3. The van der Waals surface area contributed by atoms with Crippen molar-refractivity contribution in [1.82, 2.24) is 14.9 Å². The van der Waals surface area contributed by atoms with E-state index in [2.05, 4.69) is 30.7 Å². The number of aromatic nitrogens is 2. The minimum atomic E-state index is -0.968. The normalized spacial score (nSPS) is 15.0. The van der Waals surface area contributed by atoms with Crippen molar-refractivity contribution >= 4 is 11.9 Å². The minimum absolute atomic E-state index is 0.0472. The summed E-state index contributed by atoms with van der Waals surface area (Å²) in [7, 11) is 0. The van der Waals surface area contributed by atoms with Crippen LogP contribution in [0.3, 0.4) is 0 Å². The van der Waals surface area contributed by atoms with Crippen LogP contribution in [0, 0.1) is 5.41 Å². The molecule has 138 valence electrons. The highest BCUT2D eigenvalue weighted by atomic mass is 16.4. The molecule has 1 aliphatic heterocycles. The Hall–Kier alpha value is -1.98. The van der Waals surface area contributed by atoms with Crippen LogP contribution in [0.1, 0.15) is 71.0 Å². The van der Waals surface area contributed by atoms with Crippen molar-refractivity contribution in [2.75, 3.05) is 6.54 Å². The van der Waals surface area contributed by atoms with E-state index in [-0.39, 0.29) is 17.7 Å². The van der Waals surface area contributed by atoms with Gasteiger partial charge < -0.3 is 10.0 Å². The zero-order valence-corrected chi connectivity index (χ0v) is 15.9. The second kappa shape index (κ2) is 7.10. The number of aliphatic carboxylic acids is 1. The first kappa shape index (κ1) is 19.3. The van der Waals surface area contributed by atoms with Gasteiger partial charge in [0.1, 0.15) is 5.82 Å². The third-order valence-corrected chi connectivity index (χ3v) is 5.25. The van der Waals surface area contributed by atoms with E-state index >= 15 is 0 Å². The van der Waals surface area contributed by atoms with Crippen molar-refractivity contribution in [3.63, 3.8) is 0 Å². The standard InChI is InChI=1S/C19H29N3O3/c1-6-19(7-2,17(24)25)10-15(23)22-9-8-14-13(12-22)11-20-16(21-14)18(3,4)5/h11H,6-10,12H2,1-5H3,(H,24,25). The summed E-state index contributed by atoms with van der Waals surface area (Å²) in [6.45, 7) is 10.9. The molecule has 1 amide bonds. The molecule has 0 saturated carbocycles. The highest BCUT2D eigenvalue weighted by Gasteiger charge is 2.39. The number of hydrogen-bond donors (Lipinski definition) is 1. The maximum absolute atomic E-state index is 12.7. The summed E-state index contributed by atoms with van der Waals surface area (Å²) in [5.41, 5.74) is 0.885. The van der Waals surface area contributed by atoms with Crippen molar-refractivity contribution in [3.05, 3.63) is 23.3 Å². The third kappa shape index (κ3) is 3.99. The minimum Gasteiger partial charge on any atom is -0.481 e. The number of hydrogen-bond acceptors (Lipinski definition) is 4. The number of fused-ring (bicyclic) bond motifs is 1. The average molecular weight is 347 g/mol. The van der Waals surface area contributed by atoms with Gasteiger partial charge >= 0.3 is 5.97 Å². The topological polar surface area (TPSA) is 83.4 Å². The largest absolute Gasteiger partial charge is 0.481 e. The Morgan fingerprint density at radius 3 is 2.40 bits per heavy atom. The molecule has 0 spiro atoms. The van der Waals surface area contributed by atoms with Crippen LogP contribution in [-0.4, -0.2) is 38.4 Å². The molecule has 6 heteroatoms. The summed E-state index contributed by atoms with van der Waals surface area (Å²) in [6.07, 6.45) is 3.45. The van der Waals surface area contributed by atoms with Crippen molar-refractivity contribution in [3.8, 4) is 0 Å². The zero-order valence-electron chi connectivity index (χ0n) is 15.9. The highest BCUT2D eigenvalue weighted by Crippen LogP contribution is 2.32. The lowest BCUT2D eigenvalue weighted by atomic mass is 9.78. The average Bonchev–Trinajstić information content (AvgIpc) is 2.57. The molecule has 0 atom stereocenters. The monoisotopic (exact) mass is 347 g/mol. The summed E-state index contributed by atoms with van der Waals surface area (Å²) in [6, 6.07) is 0. The van der Waals surface area contributed by atoms with Crippen molar-refractivity contribution in [2.45, 2.75) is 72.3 Å². The second-order valence-corrected chi connectivity index (χ2v) is 7.95. The van der Waals surface area contributed by atoms with Gasteiger partial charge in [-0.2, -0.15) is 0 Å². The molecule has 0 saturated heterocycles. The Morgan fingerprint density at radius 2 is 1.88 bits per heavy atom. The molecule has 1 aromatic heterocycles. The van der Waals surface area contributed by atoms with E-state index in [1.165, 1.54) is 0 Å². The lowest BCUT2D eigenvalue weighted by Crippen LogP contribution is -2.42. The van der Waals surface area contributed by atoms with Crippen LogP contribution in [0.15, 0.2) is 6.20 Å². The summed E-state index contributed by atoms with van der Waals surface area (Å²) in [5, 5.41) is 9.54. The molecule has 0 unspecified atom stereocenters. The molecule has 0 radical (unpaired) electrons. The lowest BCUT2D eigenvalue weighted by molar-refractivity contribution is -0.154. The molecule has 25 heavy (non-hydrogen) atoms. The van der Waals surface area contributed by atoms with Crippen molar-refractivity contribution < 1.29 is 14.7 Å². The Kier molecular flexibility index (Phi) is 5.49. The molecule has 1 aromatic rings. The molecule has 2 heterocycles. The van der Waals surface area contributed by atoms with Crippen molar-refractivity contribution in [1.29, 1.82) is 0 Å². The van der Waals surface area contributed by atoms with Gasteiger partial charge in [-0.15, -0.1) is 0 Å². The first-order chi connectivity index (χ1) is 11.6. The molecule has 1 aliphatic rings. The van der Waals surface area contributed by atoms with Gasteiger partial charge in [-0.05, 0) is 12.8 Å². The molecule has 0 aromatic carbocycles. The summed E-state index contributed by atoms with van der Waals surface area (Å²) < 4.78 is 0. The number of carbonyl (C=O) groups is 2. The van der Waals surface area contributed by atoms with E-state index in [9.17, 15) is 14.7 Å². The number of nitrogens with zero attached hydrogens (tertiary/aromatic N) is 3. The number of carboxylic acids is 1. The fourth-order valence-corrected chi connectivity index (χ4v) is 3.17. The number of carboxylic acid groups (broad SMARTS) is 1. The molecule has 0 bridgehead atoms. The van der Waals surface area contributed by atoms with Gasteiger partial charge in [-0.25, -0.2) is 9.97 Å². The van der Waals surface area contributed by atoms with Gasteiger partial charge in [-0.1, -0.05) is 34.6 Å². The zero-order chi connectivity index (χ0) is 18.8. The summed E-state index contributed by atoms with van der Waals surface area (Å²) in [4.78, 5) is 35.2. The van der Waals surface area contributed by atoms with Crippen LogP contribution in [-0.2, 0) is 28.0 Å². The van der Waals surface area contributed by atoms with E-state index in [1.807, 2.05) is 20.0 Å². The molecule has 6 nitrogen and oxygen atoms in total. The molecule has 1 N–H and O–H groups in total. The van der Waals surface area contributed by atoms with Crippen molar-refractivity contribution in [2.24, 2.45) is 5.41 Å². The third-order valence-electron chi connectivity index (χ3n) is 5.25. The van der Waals surface area contributed by atoms with Gasteiger partial charge in [0.05, 0.1) is 11.1 Å². The Bertz CT molecular complexity index is 660. The van der Waals surface area contributed by atoms with Gasteiger partial charge in [0.25, 0.3) is 0 Å². The van der Waals surface area contributed by atoms with Crippen LogP contribution in [0.2, 0.25) is 0 Å². The summed E-state index contributed by atoms with van der Waals surface area (Å²) >= 11 is 0. The van der Waals surface area contributed by atoms with Gasteiger partial charge in [-0.3, -0.25) is 9.59 Å². The SMILES string of the molecule is CCC(CC)(CC(=O)N1CCc2nc(C(C)(C)C)ncc2C1)C(=O)O. The predicted molar refractivity (Wildman–Crippen MR) is 95.1 cm³/mol. The maximum Gasteiger partial charge on any atom is 0.310 e. The van der Waals surface area contributed by atoms with E-state index in [1.54, 1.807) is 4.90 Å². The lowest BCUT2D eigenvalue weighted by Gasteiger charge is -2.33. The quantitative estimate of drug-likeness (QED) is 0.885. The highest BCUT2D eigenvalue weighted by molar-refractivity contribution is 5.85. The van der Waals surface area contributed by atoms with E-state index in [0.717, 1.165) is 17.1 Å². The maximum atomic E-state index is 12.7. The fraction of sp³-hybridized carbons (Fsp3) is 0.684. The smallest absolute Gasteiger partial charge is 0.310 e. The molecule has 2 rings (SSSR count). The number of rotatable bonds is 5. The van der Waals surface area contributed by atoms with E-state index < -0.39 is 11.4 Å². The number of carbonyl (C=O) groups excluding carboxylic acids is 1. The number of amides is 1. The van der Waals surface area contributed by atoms with Crippen LogP contribution >= 0.6 is 0 Å². The van der Waals surface area contributed by atoms with Crippen LogP contribution in [0.4, 0.5) is 0 Å². The fourth-order valence-electron chi connectivity index (χ4n) is 3.17. The van der Waals surface area contributed by atoms with Crippen LogP contribution < -0.4 is 0 Å². The Morgan fingerprint density at radius 1 is 1.24 bits per heavy atom. The van der Waals surface area contributed by atoms with E-state index in [4.69, 9.17) is 0 Å². The second-order valence-electron chi connectivity index (χ2n) is 7.95. The van der Waals surface area contributed by atoms with Crippen LogP contribution in [0.25, 0.3) is 0 Å². The molecule has 0 aliphatic carbocycles. The van der Waals surface area contributed by atoms with Gasteiger partial charge in [0, 0.05) is 43.1 Å². The summed E-state index contributed by atoms with van der Waals surface area (Å²) in [5.74, 6) is -0.175. The predicted octanol–water partition coefficient (Wildman–Crippen LogP) is 2.94. The van der Waals surface area contributed by atoms with Gasteiger partial charge in [0.2, 0.25) is 5.91 Å². The molecule has 0 fully saturated rings. The van der Waals surface area contributed by atoms with E-state index in [0.29, 0.717) is 32.4 Å². The van der Waals surface area contributed by atoms with Crippen LogP contribution in [0.5, 0.6) is 0 Å². The molecular weight excluding hydrogens is 318 g/mol. The first-order valence-electron chi connectivity index (χ1n) is 8.99. The first-order valence-corrected chi connectivity index (χ1v) is 8.99. The van der Waals surface area contributed by atoms with Gasteiger partial charge in [0.15, 0.2) is 0 Å². The Labute approximate surface area is 149 Å².